The lowest BCUT2D eigenvalue weighted by Gasteiger charge is -2.32. The molecule has 4 aromatic carbocycles. The quantitative estimate of drug-likeness (QED) is 0.154. The highest BCUT2D eigenvalue weighted by atomic mass is 32.2. The molecule has 2 aliphatic rings. The van der Waals surface area contributed by atoms with Crippen LogP contribution in [0.1, 0.15) is 48.6 Å². The van der Waals surface area contributed by atoms with Crippen LogP contribution >= 0.6 is 23.5 Å². The Balaban J connectivity index is 0.955. The van der Waals surface area contributed by atoms with Crippen molar-refractivity contribution < 1.29 is 28.7 Å². The number of piperidine rings is 2. The average Bonchev–Trinajstić information content (AvgIpc) is 3.13. The van der Waals surface area contributed by atoms with Crippen molar-refractivity contribution in [1.82, 2.24) is 10.1 Å². The first-order valence-corrected chi connectivity index (χ1v) is 17.9. The second-order valence-electron chi connectivity index (χ2n) is 11.8. The SMILES string of the molecule is COc1ccc(Sc2ccccc2C2CCN(OC(=O)C(=O)ON3CCC(c4ccccc4Sc4ccc(OC)cc4)CC3)CC2)cc1. The maximum Gasteiger partial charge on any atom is 0.438 e. The maximum absolute atomic E-state index is 12.7. The average molecular weight is 685 g/mol. The lowest BCUT2D eigenvalue weighted by Crippen LogP contribution is -2.41. The Morgan fingerprint density at radius 2 is 0.896 bits per heavy atom. The number of nitrogens with zero attached hydrogens (tertiary/aromatic N) is 2. The molecule has 2 aliphatic heterocycles. The highest BCUT2D eigenvalue weighted by Crippen LogP contribution is 2.40. The van der Waals surface area contributed by atoms with E-state index in [1.54, 1.807) is 47.9 Å². The normalized spacial score (nSPS) is 16.3. The zero-order valence-electron chi connectivity index (χ0n) is 27.2. The Labute approximate surface area is 290 Å². The van der Waals surface area contributed by atoms with Gasteiger partial charge in [0.05, 0.1) is 14.2 Å². The molecule has 0 spiro atoms. The van der Waals surface area contributed by atoms with E-state index in [1.165, 1.54) is 20.9 Å². The third-order valence-corrected chi connectivity index (χ3v) is 11.0. The lowest BCUT2D eigenvalue weighted by atomic mass is 9.90. The molecule has 0 amide bonds. The second-order valence-corrected chi connectivity index (χ2v) is 14.0. The fourth-order valence-corrected chi connectivity index (χ4v) is 8.24. The van der Waals surface area contributed by atoms with Gasteiger partial charge in [-0.2, -0.15) is 0 Å². The van der Waals surface area contributed by atoms with E-state index >= 15 is 0 Å². The van der Waals surface area contributed by atoms with Gasteiger partial charge in [0.25, 0.3) is 0 Å². The predicted molar refractivity (Wildman–Crippen MR) is 186 cm³/mol. The van der Waals surface area contributed by atoms with Gasteiger partial charge in [0, 0.05) is 45.8 Å². The first-order chi connectivity index (χ1) is 23.5. The van der Waals surface area contributed by atoms with Gasteiger partial charge in [-0.1, -0.05) is 59.9 Å². The summed E-state index contributed by atoms with van der Waals surface area (Å²) in [6, 6.07) is 33.0. The molecule has 2 saturated heterocycles. The molecule has 0 aromatic heterocycles. The molecule has 10 heteroatoms. The number of carbonyl (C=O) groups is 2. The van der Waals surface area contributed by atoms with Crippen LogP contribution in [0.2, 0.25) is 0 Å². The van der Waals surface area contributed by atoms with Gasteiger partial charge in [0.1, 0.15) is 11.5 Å². The van der Waals surface area contributed by atoms with Crippen LogP contribution in [0.3, 0.4) is 0 Å². The molecule has 2 heterocycles. The maximum atomic E-state index is 12.7. The van der Waals surface area contributed by atoms with Crippen LogP contribution < -0.4 is 9.47 Å². The monoisotopic (exact) mass is 684 g/mol. The molecule has 0 N–H and O–H groups in total. The van der Waals surface area contributed by atoms with Crippen LogP contribution in [-0.4, -0.2) is 62.5 Å². The molecule has 0 saturated carbocycles. The topological polar surface area (TPSA) is 77.5 Å². The van der Waals surface area contributed by atoms with E-state index < -0.39 is 11.9 Å². The molecule has 0 aliphatic carbocycles. The van der Waals surface area contributed by atoms with Crippen LogP contribution in [0.5, 0.6) is 11.5 Å². The van der Waals surface area contributed by atoms with Crippen molar-refractivity contribution in [2.45, 2.75) is 57.1 Å². The summed E-state index contributed by atoms with van der Waals surface area (Å²) in [5.41, 5.74) is 2.57. The van der Waals surface area contributed by atoms with Gasteiger partial charge >= 0.3 is 11.9 Å². The summed E-state index contributed by atoms with van der Waals surface area (Å²) in [5, 5.41) is 3.17. The van der Waals surface area contributed by atoms with E-state index in [9.17, 15) is 9.59 Å². The molecule has 250 valence electrons. The van der Waals surface area contributed by atoms with E-state index in [0.29, 0.717) is 38.0 Å². The minimum Gasteiger partial charge on any atom is -0.497 e. The molecule has 2 fully saturated rings. The van der Waals surface area contributed by atoms with Crippen LogP contribution in [0, 0.1) is 0 Å². The van der Waals surface area contributed by atoms with Crippen molar-refractivity contribution in [2.24, 2.45) is 0 Å². The Hall–Kier alpha value is -3.96. The smallest absolute Gasteiger partial charge is 0.438 e. The van der Waals surface area contributed by atoms with Crippen LogP contribution in [0.15, 0.2) is 117 Å². The molecule has 4 aromatic rings. The van der Waals surface area contributed by atoms with Crippen LogP contribution in [0.4, 0.5) is 0 Å². The summed E-state index contributed by atoms with van der Waals surface area (Å²) in [7, 11) is 3.33. The summed E-state index contributed by atoms with van der Waals surface area (Å²) in [5.74, 6) is 0.367. The minimum atomic E-state index is -0.979. The standard InChI is InChI=1S/C38H40N2O6S2/c1-43-29-11-15-31(16-12-29)47-35-9-5-3-7-33(35)27-19-23-39(24-20-27)45-37(41)38(42)46-40-25-21-28(22-26-40)34-8-4-6-10-36(34)48-32-17-13-30(44-2)14-18-32/h3-18,27-28H,19-26H2,1-2H3. The Morgan fingerprint density at radius 1 is 0.542 bits per heavy atom. The number of ether oxygens (including phenoxy) is 2. The summed E-state index contributed by atoms with van der Waals surface area (Å²) >= 11 is 3.47. The van der Waals surface area contributed by atoms with Crippen molar-refractivity contribution >= 4 is 35.5 Å². The van der Waals surface area contributed by atoms with Crippen molar-refractivity contribution in [3.63, 3.8) is 0 Å². The number of hydrogen-bond acceptors (Lipinski definition) is 10. The highest BCUT2D eigenvalue weighted by Gasteiger charge is 2.31. The zero-order valence-corrected chi connectivity index (χ0v) is 28.8. The fourth-order valence-electron chi connectivity index (χ4n) is 6.19. The number of carbonyl (C=O) groups excluding carboxylic acids is 2. The van der Waals surface area contributed by atoms with Gasteiger partial charge in [-0.15, -0.1) is 10.1 Å². The molecule has 6 rings (SSSR count). The zero-order chi connectivity index (χ0) is 33.3. The van der Waals surface area contributed by atoms with Gasteiger partial charge < -0.3 is 19.1 Å². The van der Waals surface area contributed by atoms with E-state index in [0.717, 1.165) is 47.0 Å². The minimum absolute atomic E-state index is 0.329. The third kappa shape index (κ3) is 8.73. The van der Waals surface area contributed by atoms with E-state index in [2.05, 4.69) is 72.8 Å². The fraction of sp³-hybridized carbons (Fsp3) is 0.316. The Morgan fingerprint density at radius 3 is 1.25 bits per heavy atom. The first kappa shape index (κ1) is 33.9. The summed E-state index contributed by atoms with van der Waals surface area (Å²) in [6.07, 6.45) is 3.25. The number of hydrogen-bond donors (Lipinski definition) is 0. The molecule has 0 unspecified atom stereocenters. The summed E-state index contributed by atoms with van der Waals surface area (Å²) in [4.78, 5) is 41.0. The molecule has 0 bridgehead atoms. The van der Waals surface area contributed by atoms with E-state index in [4.69, 9.17) is 19.1 Å². The number of hydroxylamine groups is 4. The van der Waals surface area contributed by atoms with Gasteiger partial charge in [-0.3, -0.25) is 0 Å². The largest absolute Gasteiger partial charge is 0.497 e. The summed E-state index contributed by atoms with van der Waals surface area (Å²) in [6.45, 7) is 2.18. The van der Waals surface area contributed by atoms with Crippen molar-refractivity contribution in [3.05, 3.63) is 108 Å². The van der Waals surface area contributed by atoms with E-state index in [1.807, 2.05) is 24.3 Å². The van der Waals surface area contributed by atoms with Gasteiger partial charge in [-0.25, -0.2) is 9.59 Å². The lowest BCUT2D eigenvalue weighted by molar-refractivity contribution is -0.222. The molecule has 48 heavy (non-hydrogen) atoms. The molecular weight excluding hydrogens is 645 g/mol. The van der Waals surface area contributed by atoms with E-state index in [-0.39, 0.29) is 0 Å². The van der Waals surface area contributed by atoms with Crippen LogP contribution in [-0.2, 0) is 19.3 Å². The number of rotatable bonds is 10. The number of benzene rings is 4. The van der Waals surface area contributed by atoms with Gasteiger partial charge in [0.15, 0.2) is 0 Å². The highest BCUT2D eigenvalue weighted by molar-refractivity contribution is 7.99. The Bertz CT molecular complexity index is 1540. The van der Waals surface area contributed by atoms with Crippen molar-refractivity contribution in [3.8, 4) is 11.5 Å². The van der Waals surface area contributed by atoms with Crippen LogP contribution in [0.25, 0.3) is 0 Å². The second kappa shape index (κ2) is 16.4. The molecular formula is C38H40N2O6S2. The summed E-state index contributed by atoms with van der Waals surface area (Å²) < 4.78 is 10.6. The van der Waals surface area contributed by atoms with Crippen molar-refractivity contribution in [1.29, 1.82) is 0 Å². The molecule has 8 nitrogen and oxygen atoms in total. The number of methoxy groups -OCH3 is 2. The molecule has 0 radical (unpaired) electrons. The van der Waals surface area contributed by atoms with Crippen molar-refractivity contribution in [2.75, 3.05) is 40.4 Å². The third-order valence-electron chi connectivity index (χ3n) is 8.79. The molecule has 0 atom stereocenters. The van der Waals surface area contributed by atoms with Gasteiger partial charge in [-0.05, 0) is 109 Å². The Kier molecular flexibility index (Phi) is 11.6. The van der Waals surface area contributed by atoms with Gasteiger partial charge in [0.2, 0.25) is 0 Å². The first-order valence-electron chi connectivity index (χ1n) is 16.2. The predicted octanol–water partition coefficient (Wildman–Crippen LogP) is 7.98.